The molecule has 0 saturated carbocycles. The summed E-state index contributed by atoms with van der Waals surface area (Å²) in [6.45, 7) is 0. The third-order valence-electron chi connectivity index (χ3n) is 2.88. The molecule has 0 aromatic heterocycles. The molecule has 0 spiro atoms. The summed E-state index contributed by atoms with van der Waals surface area (Å²) in [5, 5.41) is 8.49. The van der Waals surface area contributed by atoms with E-state index in [4.69, 9.17) is 11.6 Å². The second-order valence-electron chi connectivity index (χ2n) is 4.64. The van der Waals surface area contributed by atoms with Crippen LogP contribution in [0, 0.1) is 0 Å². The van der Waals surface area contributed by atoms with E-state index in [1.54, 1.807) is 42.5 Å². The molecule has 2 aromatic carbocycles. The van der Waals surface area contributed by atoms with Gasteiger partial charge in [-0.15, -0.1) is 0 Å². The van der Waals surface area contributed by atoms with Crippen LogP contribution in [0.25, 0.3) is 0 Å². The van der Waals surface area contributed by atoms with Gasteiger partial charge in [-0.25, -0.2) is 4.79 Å². The van der Waals surface area contributed by atoms with Crippen molar-refractivity contribution < 1.29 is 9.59 Å². The molecular formula is C16H16ClN3O2. The molecule has 114 valence electrons. The van der Waals surface area contributed by atoms with Crippen LogP contribution in [0.2, 0.25) is 5.02 Å². The van der Waals surface area contributed by atoms with E-state index in [0.29, 0.717) is 16.4 Å². The predicted octanol–water partition coefficient (Wildman–Crippen LogP) is 3.27. The van der Waals surface area contributed by atoms with Gasteiger partial charge in [-0.1, -0.05) is 29.8 Å². The van der Waals surface area contributed by atoms with Gasteiger partial charge in [0, 0.05) is 23.4 Å². The average Bonchev–Trinajstić information content (AvgIpc) is 2.47. The Bertz CT molecular complexity index is 689. The zero-order valence-corrected chi connectivity index (χ0v) is 12.8. The molecule has 0 radical (unpaired) electrons. The number of benzene rings is 2. The van der Waals surface area contributed by atoms with E-state index in [0.717, 1.165) is 5.56 Å². The molecule has 0 heterocycles. The minimum Gasteiger partial charge on any atom is -0.341 e. The van der Waals surface area contributed by atoms with E-state index in [-0.39, 0.29) is 18.4 Å². The predicted molar refractivity (Wildman–Crippen MR) is 88.3 cm³/mol. The van der Waals surface area contributed by atoms with Crippen molar-refractivity contribution in [2.24, 2.45) is 0 Å². The standard InChI is InChI=1S/C16H16ClN3O2/c1-18-16(22)20-14-7-3-6-13(10-14)19-15(21)9-11-4-2-5-12(17)8-11/h2-8,10H,9H2,1H3,(H,19,21)(H2,18,20,22). The summed E-state index contributed by atoms with van der Waals surface area (Å²) in [7, 11) is 1.53. The first-order valence-corrected chi connectivity index (χ1v) is 7.08. The van der Waals surface area contributed by atoms with Crippen LogP contribution in [-0.2, 0) is 11.2 Å². The van der Waals surface area contributed by atoms with Crippen molar-refractivity contribution in [1.82, 2.24) is 5.32 Å². The van der Waals surface area contributed by atoms with Gasteiger partial charge in [0.2, 0.25) is 5.91 Å². The topological polar surface area (TPSA) is 70.2 Å². The number of hydrogen-bond acceptors (Lipinski definition) is 2. The summed E-state index contributed by atoms with van der Waals surface area (Å²) >= 11 is 5.89. The Morgan fingerprint density at radius 2 is 1.68 bits per heavy atom. The first-order chi connectivity index (χ1) is 10.6. The summed E-state index contributed by atoms with van der Waals surface area (Å²) in [4.78, 5) is 23.3. The number of urea groups is 1. The van der Waals surface area contributed by atoms with Crippen molar-refractivity contribution in [3.05, 3.63) is 59.1 Å². The fourth-order valence-electron chi connectivity index (χ4n) is 1.91. The molecule has 0 aliphatic rings. The number of hydrogen-bond donors (Lipinski definition) is 3. The van der Waals surface area contributed by atoms with Crippen molar-refractivity contribution in [1.29, 1.82) is 0 Å². The minimum atomic E-state index is -0.317. The maximum Gasteiger partial charge on any atom is 0.318 e. The van der Waals surface area contributed by atoms with Crippen LogP contribution in [-0.4, -0.2) is 19.0 Å². The van der Waals surface area contributed by atoms with E-state index >= 15 is 0 Å². The fourth-order valence-corrected chi connectivity index (χ4v) is 2.12. The van der Waals surface area contributed by atoms with Gasteiger partial charge in [0.15, 0.2) is 0 Å². The largest absolute Gasteiger partial charge is 0.341 e. The third-order valence-corrected chi connectivity index (χ3v) is 3.12. The molecule has 0 aliphatic carbocycles. The first kappa shape index (κ1) is 15.9. The Balaban J connectivity index is 1.99. The summed E-state index contributed by atoms with van der Waals surface area (Å²) in [5.41, 5.74) is 2.05. The van der Waals surface area contributed by atoms with Gasteiger partial charge in [-0.3, -0.25) is 4.79 Å². The van der Waals surface area contributed by atoms with Gasteiger partial charge in [0.1, 0.15) is 0 Å². The Labute approximate surface area is 133 Å². The van der Waals surface area contributed by atoms with Gasteiger partial charge < -0.3 is 16.0 Å². The first-order valence-electron chi connectivity index (χ1n) is 6.70. The second kappa shape index (κ2) is 7.47. The van der Waals surface area contributed by atoms with Crippen molar-refractivity contribution in [2.45, 2.75) is 6.42 Å². The highest BCUT2D eigenvalue weighted by atomic mass is 35.5. The van der Waals surface area contributed by atoms with Crippen molar-refractivity contribution in [3.63, 3.8) is 0 Å². The van der Waals surface area contributed by atoms with Crippen molar-refractivity contribution in [3.8, 4) is 0 Å². The van der Waals surface area contributed by atoms with Gasteiger partial charge in [-0.2, -0.15) is 0 Å². The molecular weight excluding hydrogens is 302 g/mol. The Morgan fingerprint density at radius 1 is 1.00 bits per heavy atom. The lowest BCUT2D eigenvalue weighted by atomic mass is 10.1. The summed E-state index contributed by atoms with van der Waals surface area (Å²) < 4.78 is 0. The van der Waals surface area contributed by atoms with E-state index in [9.17, 15) is 9.59 Å². The normalized spacial score (nSPS) is 9.91. The molecule has 22 heavy (non-hydrogen) atoms. The second-order valence-corrected chi connectivity index (χ2v) is 5.08. The summed E-state index contributed by atoms with van der Waals surface area (Å²) in [6.07, 6.45) is 0.230. The SMILES string of the molecule is CNC(=O)Nc1cccc(NC(=O)Cc2cccc(Cl)c2)c1. The van der Waals surface area contributed by atoms with E-state index in [2.05, 4.69) is 16.0 Å². The number of nitrogens with one attached hydrogen (secondary N) is 3. The van der Waals surface area contributed by atoms with E-state index in [1.165, 1.54) is 7.05 Å². The quantitative estimate of drug-likeness (QED) is 0.810. The van der Waals surface area contributed by atoms with Crippen LogP contribution in [0.4, 0.5) is 16.2 Å². The zero-order chi connectivity index (χ0) is 15.9. The van der Waals surface area contributed by atoms with Crippen LogP contribution in [0.15, 0.2) is 48.5 Å². The van der Waals surface area contributed by atoms with Gasteiger partial charge in [0.05, 0.1) is 6.42 Å². The zero-order valence-electron chi connectivity index (χ0n) is 12.0. The monoisotopic (exact) mass is 317 g/mol. The lowest BCUT2D eigenvalue weighted by molar-refractivity contribution is -0.115. The number of amides is 3. The average molecular weight is 318 g/mol. The molecule has 3 N–H and O–H groups in total. The molecule has 0 unspecified atom stereocenters. The van der Waals surface area contributed by atoms with Gasteiger partial charge >= 0.3 is 6.03 Å². The number of halogens is 1. The molecule has 0 bridgehead atoms. The molecule has 2 aromatic rings. The van der Waals surface area contributed by atoms with E-state index in [1.807, 2.05) is 6.07 Å². The van der Waals surface area contributed by atoms with Crippen LogP contribution in [0.1, 0.15) is 5.56 Å². The molecule has 5 nitrogen and oxygen atoms in total. The lowest BCUT2D eigenvalue weighted by Gasteiger charge is -2.09. The Kier molecular flexibility index (Phi) is 5.38. The van der Waals surface area contributed by atoms with Crippen LogP contribution in [0.3, 0.4) is 0 Å². The summed E-state index contributed by atoms with van der Waals surface area (Å²) in [5.74, 6) is -0.153. The summed E-state index contributed by atoms with van der Waals surface area (Å²) in [6, 6.07) is 13.8. The van der Waals surface area contributed by atoms with Crippen molar-refractivity contribution >= 4 is 34.9 Å². The molecule has 6 heteroatoms. The number of anilines is 2. The van der Waals surface area contributed by atoms with Crippen LogP contribution in [0.5, 0.6) is 0 Å². The number of carbonyl (C=O) groups is 2. The van der Waals surface area contributed by atoms with Crippen molar-refractivity contribution in [2.75, 3.05) is 17.7 Å². The molecule has 0 fully saturated rings. The Hall–Kier alpha value is -2.53. The third kappa shape index (κ3) is 4.79. The highest BCUT2D eigenvalue weighted by Gasteiger charge is 2.06. The Morgan fingerprint density at radius 3 is 2.36 bits per heavy atom. The molecule has 0 saturated heterocycles. The molecule has 0 aliphatic heterocycles. The van der Waals surface area contributed by atoms with Gasteiger partial charge in [-0.05, 0) is 35.9 Å². The fraction of sp³-hybridized carbons (Fsp3) is 0.125. The lowest BCUT2D eigenvalue weighted by Crippen LogP contribution is -2.24. The number of carbonyl (C=O) groups excluding carboxylic acids is 2. The van der Waals surface area contributed by atoms with Crippen LogP contribution < -0.4 is 16.0 Å². The highest BCUT2D eigenvalue weighted by Crippen LogP contribution is 2.16. The smallest absolute Gasteiger partial charge is 0.318 e. The maximum atomic E-state index is 12.0. The molecule has 2 rings (SSSR count). The van der Waals surface area contributed by atoms with Crippen LogP contribution >= 0.6 is 11.6 Å². The van der Waals surface area contributed by atoms with E-state index < -0.39 is 0 Å². The maximum absolute atomic E-state index is 12.0. The minimum absolute atomic E-state index is 0.153. The molecule has 0 atom stereocenters. The number of rotatable bonds is 4. The molecule has 3 amide bonds. The van der Waals surface area contributed by atoms with Gasteiger partial charge in [0.25, 0.3) is 0 Å². The highest BCUT2D eigenvalue weighted by molar-refractivity contribution is 6.30.